The molecule has 0 aromatic heterocycles. The molecule has 0 heterocycles. The first-order valence-electron chi connectivity index (χ1n) is 4.87. The summed E-state index contributed by atoms with van der Waals surface area (Å²) < 4.78 is 0. The Morgan fingerprint density at radius 2 is 1.75 bits per heavy atom. The minimum Gasteiger partial charge on any atom is -0.390 e. The monoisotopic (exact) mass is 168 g/mol. The molecule has 2 fully saturated rings. The molecule has 1 N–H and O–H groups in total. The van der Waals surface area contributed by atoms with Crippen molar-refractivity contribution in [1.29, 1.82) is 0 Å². The summed E-state index contributed by atoms with van der Waals surface area (Å²) in [6.07, 6.45) is 7.90. The molecule has 2 heteroatoms. The Labute approximate surface area is 73.0 Å². The van der Waals surface area contributed by atoms with E-state index in [1.54, 1.807) is 0 Å². The van der Waals surface area contributed by atoms with Gasteiger partial charge in [-0.25, -0.2) is 0 Å². The van der Waals surface area contributed by atoms with Crippen LogP contribution in [0.4, 0.5) is 0 Å². The van der Waals surface area contributed by atoms with Gasteiger partial charge >= 0.3 is 0 Å². The van der Waals surface area contributed by atoms with Gasteiger partial charge in [0.2, 0.25) is 0 Å². The van der Waals surface area contributed by atoms with Gasteiger partial charge in [0.05, 0.1) is 5.60 Å². The average molecular weight is 168 g/mol. The number of rotatable bonds is 3. The zero-order valence-corrected chi connectivity index (χ0v) is 7.38. The smallest absolute Gasteiger partial charge is 0.126 e. The van der Waals surface area contributed by atoms with Crippen LogP contribution < -0.4 is 0 Å². The maximum Gasteiger partial charge on any atom is 0.126 e. The summed E-state index contributed by atoms with van der Waals surface area (Å²) in [6.45, 7) is 0. The highest BCUT2D eigenvalue weighted by Gasteiger charge is 2.46. The first-order chi connectivity index (χ1) is 5.68. The van der Waals surface area contributed by atoms with Crippen molar-refractivity contribution in [3.05, 3.63) is 0 Å². The van der Waals surface area contributed by atoms with Gasteiger partial charge in [-0.05, 0) is 38.5 Å². The van der Waals surface area contributed by atoms with Crippen molar-refractivity contribution in [2.45, 2.75) is 50.5 Å². The minimum absolute atomic E-state index is 0.130. The van der Waals surface area contributed by atoms with Crippen molar-refractivity contribution < 1.29 is 9.90 Å². The van der Waals surface area contributed by atoms with Gasteiger partial charge in [-0.15, -0.1) is 0 Å². The fourth-order valence-electron chi connectivity index (χ4n) is 2.38. The average Bonchev–Trinajstić information content (AvgIpc) is 1.93. The van der Waals surface area contributed by atoms with E-state index < -0.39 is 5.60 Å². The number of aliphatic hydroxyl groups is 1. The molecule has 0 bridgehead atoms. The molecule has 0 saturated heterocycles. The van der Waals surface area contributed by atoms with Crippen molar-refractivity contribution >= 4 is 6.29 Å². The third-order valence-corrected chi connectivity index (χ3v) is 3.56. The second-order valence-electron chi connectivity index (χ2n) is 4.59. The number of hydrogen-bond acceptors (Lipinski definition) is 2. The molecule has 0 amide bonds. The molecule has 12 heavy (non-hydrogen) atoms. The van der Waals surface area contributed by atoms with Gasteiger partial charge in [0.25, 0.3) is 0 Å². The zero-order valence-electron chi connectivity index (χ0n) is 7.38. The second kappa shape index (κ2) is 2.56. The lowest BCUT2D eigenvalue weighted by atomic mass is 9.60. The summed E-state index contributed by atoms with van der Waals surface area (Å²) >= 11 is 0. The van der Waals surface area contributed by atoms with Crippen LogP contribution in [-0.2, 0) is 4.79 Å². The van der Waals surface area contributed by atoms with Crippen LogP contribution >= 0.6 is 0 Å². The minimum atomic E-state index is -0.471. The number of aldehydes is 1. The maximum absolute atomic E-state index is 10.8. The molecule has 68 valence electrons. The molecular weight excluding hydrogens is 152 g/mol. The highest BCUT2D eigenvalue weighted by Crippen LogP contribution is 2.49. The summed E-state index contributed by atoms with van der Waals surface area (Å²) in [7, 11) is 0. The Bertz CT molecular complexity index is 190. The van der Waals surface area contributed by atoms with Crippen LogP contribution in [0, 0.1) is 5.41 Å². The topological polar surface area (TPSA) is 37.3 Å². The van der Waals surface area contributed by atoms with E-state index in [0.717, 1.165) is 51.2 Å². The molecule has 2 nitrogen and oxygen atoms in total. The summed E-state index contributed by atoms with van der Waals surface area (Å²) in [4.78, 5) is 10.8. The lowest BCUT2D eigenvalue weighted by Gasteiger charge is -2.46. The Hall–Kier alpha value is -0.370. The van der Waals surface area contributed by atoms with Crippen LogP contribution in [0.2, 0.25) is 0 Å². The highest BCUT2D eigenvalue weighted by atomic mass is 16.3. The molecule has 0 radical (unpaired) electrons. The van der Waals surface area contributed by atoms with E-state index in [0.29, 0.717) is 0 Å². The van der Waals surface area contributed by atoms with E-state index >= 15 is 0 Å². The molecule has 0 aromatic rings. The van der Waals surface area contributed by atoms with Crippen LogP contribution in [0.3, 0.4) is 0 Å². The van der Waals surface area contributed by atoms with Crippen molar-refractivity contribution in [3.8, 4) is 0 Å². The van der Waals surface area contributed by atoms with Crippen molar-refractivity contribution in [1.82, 2.24) is 0 Å². The Morgan fingerprint density at radius 1 is 1.17 bits per heavy atom. The van der Waals surface area contributed by atoms with Gasteiger partial charge < -0.3 is 9.90 Å². The molecule has 0 atom stereocenters. The summed E-state index contributed by atoms with van der Waals surface area (Å²) in [6, 6.07) is 0. The van der Waals surface area contributed by atoms with E-state index in [1.807, 2.05) is 0 Å². The van der Waals surface area contributed by atoms with Gasteiger partial charge in [0.15, 0.2) is 0 Å². The third kappa shape index (κ3) is 1.18. The van der Waals surface area contributed by atoms with Crippen molar-refractivity contribution in [3.63, 3.8) is 0 Å². The van der Waals surface area contributed by atoms with Gasteiger partial charge in [-0.1, -0.05) is 6.42 Å². The van der Waals surface area contributed by atoms with E-state index in [2.05, 4.69) is 0 Å². The normalized spacial score (nSPS) is 30.1. The highest BCUT2D eigenvalue weighted by molar-refractivity contribution is 5.61. The van der Waals surface area contributed by atoms with Crippen LogP contribution in [-0.4, -0.2) is 17.0 Å². The SMILES string of the molecule is O=CC1(CC2(O)CCC2)CCC1. The number of carbonyl (C=O) groups is 1. The predicted octanol–water partition coefficient (Wildman–Crippen LogP) is 1.66. The Balaban J connectivity index is 1.95. The van der Waals surface area contributed by atoms with Crippen LogP contribution in [0.1, 0.15) is 44.9 Å². The van der Waals surface area contributed by atoms with Gasteiger partial charge in [0, 0.05) is 5.41 Å². The van der Waals surface area contributed by atoms with Crippen LogP contribution in [0.25, 0.3) is 0 Å². The molecule has 2 rings (SSSR count). The van der Waals surface area contributed by atoms with Gasteiger partial charge in [-0.3, -0.25) is 0 Å². The molecule has 0 unspecified atom stereocenters. The van der Waals surface area contributed by atoms with E-state index in [4.69, 9.17) is 0 Å². The summed E-state index contributed by atoms with van der Waals surface area (Å²) in [5, 5.41) is 9.88. The molecule has 2 saturated carbocycles. The predicted molar refractivity (Wildman–Crippen MR) is 45.8 cm³/mol. The van der Waals surface area contributed by atoms with E-state index in [9.17, 15) is 9.90 Å². The van der Waals surface area contributed by atoms with Crippen molar-refractivity contribution in [2.75, 3.05) is 0 Å². The number of carbonyl (C=O) groups excluding carboxylic acids is 1. The maximum atomic E-state index is 10.8. The van der Waals surface area contributed by atoms with Crippen molar-refractivity contribution in [2.24, 2.45) is 5.41 Å². The van der Waals surface area contributed by atoms with E-state index in [-0.39, 0.29) is 5.41 Å². The molecular formula is C10H16O2. The third-order valence-electron chi connectivity index (χ3n) is 3.56. The molecule has 0 spiro atoms. The number of hydrogen-bond donors (Lipinski definition) is 1. The summed E-state index contributed by atoms with van der Waals surface area (Å²) in [5.41, 5.74) is -0.601. The van der Waals surface area contributed by atoms with Gasteiger partial charge in [0.1, 0.15) is 6.29 Å². The van der Waals surface area contributed by atoms with Crippen LogP contribution in [0.5, 0.6) is 0 Å². The Kier molecular flexibility index (Phi) is 1.76. The first-order valence-corrected chi connectivity index (χ1v) is 4.87. The first kappa shape index (κ1) is 8.24. The second-order valence-corrected chi connectivity index (χ2v) is 4.59. The fraction of sp³-hybridized carbons (Fsp3) is 0.900. The van der Waals surface area contributed by atoms with Crippen LogP contribution in [0.15, 0.2) is 0 Å². The molecule has 2 aliphatic rings. The van der Waals surface area contributed by atoms with Gasteiger partial charge in [-0.2, -0.15) is 0 Å². The zero-order chi connectivity index (χ0) is 8.66. The Morgan fingerprint density at radius 3 is 2.00 bits per heavy atom. The lowest BCUT2D eigenvalue weighted by Crippen LogP contribution is -2.46. The van der Waals surface area contributed by atoms with E-state index in [1.165, 1.54) is 0 Å². The molecule has 0 aromatic carbocycles. The molecule has 2 aliphatic carbocycles. The standard InChI is InChI=1S/C10H16O2/c11-8-9(3-1-4-9)7-10(12)5-2-6-10/h8,12H,1-7H2. The quantitative estimate of drug-likeness (QED) is 0.651. The lowest BCUT2D eigenvalue weighted by molar-refractivity contribution is -0.132. The fourth-order valence-corrected chi connectivity index (χ4v) is 2.38. The largest absolute Gasteiger partial charge is 0.390 e. The summed E-state index contributed by atoms with van der Waals surface area (Å²) in [5.74, 6) is 0. The molecule has 0 aliphatic heterocycles.